The molecular weight excluding hydrogens is 276 g/mol. The lowest BCUT2D eigenvalue weighted by Crippen LogP contribution is -2.29. The maximum atomic E-state index is 11.6. The fourth-order valence-electron chi connectivity index (χ4n) is 1.47. The van der Waals surface area contributed by atoms with Crippen molar-refractivity contribution in [1.29, 1.82) is 0 Å². The Bertz CT molecular complexity index is 571. The number of carboxylic acid groups (broad SMARTS) is 2. The number of urea groups is 1. The predicted octanol–water partition coefficient (Wildman–Crippen LogP) is 2.17. The number of benzene rings is 1. The van der Waals surface area contributed by atoms with Crippen molar-refractivity contribution in [2.24, 2.45) is 0 Å². The molecular formula is C14H16N2O5. The van der Waals surface area contributed by atoms with Gasteiger partial charge in [-0.3, -0.25) is 0 Å². The predicted molar refractivity (Wildman–Crippen MR) is 76.8 cm³/mol. The molecule has 0 aliphatic rings. The van der Waals surface area contributed by atoms with Crippen molar-refractivity contribution in [2.45, 2.75) is 13.8 Å². The fraction of sp³-hybridized carbons (Fsp3) is 0.214. The molecule has 0 spiro atoms. The highest BCUT2D eigenvalue weighted by Crippen LogP contribution is 2.15. The normalized spacial score (nSPS) is 9.62. The Morgan fingerprint density at radius 3 is 2.00 bits per heavy atom. The highest BCUT2D eigenvalue weighted by molar-refractivity contribution is 5.98. The van der Waals surface area contributed by atoms with Gasteiger partial charge in [0.2, 0.25) is 0 Å². The Labute approximate surface area is 121 Å². The number of hydrogen-bond donors (Lipinski definition) is 4. The molecule has 0 radical (unpaired) electrons. The number of amides is 2. The maximum absolute atomic E-state index is 11.6. The lowest BCUT2D eigenvalue weighted by Gasteiger charge is -2.08. The molecule has 112 valence electrons. The first-order valence-electron chi connectivity index (χ1n) is 6.09. The minimum Gasteiger partial charge on any atom is -0.478 e. The highest BCUT2D eigenvalue weighted by atomic mass is 16.4. The minimum atomic E-state index is -1.27. The van der Waals surface area contributed by atoms with Crippen molar-refractivity contribution in [1.82, 2.24) is 5.32 Å². The Hall–Kier alpha value is -2.83. The van der Waals surface area contributed by atoms with E-state index in [2.05, 4.69) is 10.6 Å². The molecule has 0 bridgehead atoms. The van der Waals surface area contributed by atoms with Crippen LogP contribution in [0.1, 0.15) is 34.6 Å². The first-order chi connectivity index (χ1) is 9.79. The van der Waals surface area contributed by atoms with E-state index in [0.29, 0.717) is 6.54 Å². The second kappa shape index (κ2) is 7.09. The Kier molecular flexibility index (Phi) is 5.48. The van der Waals surface area contributed by atoms with Gasteiger partial charge >= 0.3 is 18.0 Å². The molecule has 1 rings (SSSR count). The summed E-state index contributed by atoms with van der Waals surface area (Å²) in [7, 11) is 0. The first-order valence-corrected chi connectivity index (χ1v) is 6.09. The standard InChI is InChI=1S/C14H16N2O5/c1-8(2)3-4-15-14(21)16-11-6-9(12(17)18)5-10(7-11)13(19)20/h3,5-7H,4H2,1-2H3,(H,17,18)(H,19,20)(H2,15,16,21). The molecule has 0 aromatic heterocycles. The summed E-state index contributed by atoms with van der Waals surface area (Å²) in [6.07, 6.45) is 1.80. The molecule has 1 aromatic rings. The molecule has 0 saturated heterocycles. The summed E-state index contributed by atoms with van der Waals surface area (Å²) in [5.41, 5.74) is 0.710. The van der Waals surface area contributed by atoms with E-state index >= 15 is 0 Å². The summed E-state index contributed by atoms with van der Waals surface area (Å²) in [5.74, 6) is -2.54. The number of allylic oxidation sites excluding steroid dienone is 1. The molecule has 0 fully saturated rings. The van der Waals surface area contributed by atoms with Gasteiger partial charge in [0.25, 0.3) is 0 Å². The van der Waals surface area contributed by atoms with E-state index in [1.807, 2.05) is 13.8 Å². The third kappa shape index (κ3) is 5.35. The smallest absolute Gasteiger partial charge is 0.335 e. The van der Waals surface area contributed by atoms with Crippen molar-refractivity contribution in [3.63, 3.8) is 0 Å². The van der Waals surface area contributed by atoms with Gasteiger partial charge in [-0.05, 0) is 32.0 Å². The number of aromatic carboxylic acids is 2. The number of rotatable bonds is 5. The molecule has 0 heterocycles. The maximum Gasteiger partial charge on any atom is 0.335 e. The van der Waals surface area contributed by atoms with Crippen LogP contribution in [0.15, 0.2) is 29.8 Å². The molecule has 7 heteroatoms. The average Bonchev–Trinajstić information content (AvgIpc) is 2.37. The van der Waals surface area contributed by atoms with Crippen molar-refractivity contribution < 1.29 is 24.6 Å². The number of carbonyl (C=O) groups excluding carboxylic acids is 1. The van der Waals surface area contributed by atoms with Crippen LogP contribution < -0.4 is 10.6 Å². The van der Waals surface area contributed by atoms with E-state index < -0.39 is 18.0 Å². The van der Waals surface area contributed by atoms with Crippen LogP contribution in [0, 0.1) is 0 Å². The zero-order valence-corrected chi connectivity index (χ0v) is 11.6. The zero-order chi connectivity index (χ0) is 16.0. The van der Waals surface area contributed by atoms with Gasteiger partial charge in [0.1, 0.15) is 0 Å². The van der Waals surface area contributed by atoms with Crippen LogP contribution in [0.4, 0.5) is 10.5 Å². The van der Waals surface area contributed by atoms with E-state index in [1.165, 1.54) is 12.1 Å². The third-order valence-electron chi connectivity index (χ3n) is 2.46. The van der Waals surface area contributed by atoms with Gasteiger partial charge in [0.05, 0.1) is 11.1 Å². The third-order valence-corrected chi connectivity index (χ3v) is 2.46. The van der Waals surface area contributed by atoms with E-state index in [0.717, 1.165) is 11.6 Å². The number of anilines is 1. The van der Waals surface area contributed by atoms with Gasteiger partial charge in [-0.2, -0.15) is 0 Å². The molecule has 0 saturated carbocycles. The zero-order valence-electron chi connectivity index (χ0n) is 11.6. The van der Waals surface area contributed by atoms with Gasteiger partial charge in [-0.25, -0.2) is 14.4 Å². The summed E-state index contributed by atoms with van der Waals surface area (Å²) < 4.78 is 0. The van der Waals surface area contributed by atoms with Crippen molar-refractivity contribution in [3.8, 4) is 0 Å². The SMILES string of the molecule is CC(C)=CCNC(=O)Nc1cc(C(=O)O)cc(C(=O)O)c1. The molecule has 0 aliphatic carbocycles. The van der Waals surface area contributed by atoms with Crippen LogP contribution in [-0.4, -0.2) is 34.7 Å². The molecule has 0 aliphatic heterocycles. The molecule has 0 unspecified atom stereocenters. The monoisotopic (exact) mass is 292 g/mol. The fourth-order valence-corrected chi connectivity index (χ4v) is 1.47. The van der Waals surface area contributed by atoms with Crippen LogP contribution in [0.2, 0.25) is 0 Å². The highest BCUT2D eigenvalue weighted by Gasteiger charge is 2.12. The Morgan fingerprint density at radius 1 is 1.05 bits per heavy atom. The molecule has 7 nitrogen and oxygen atoms in total. The van der Waals surface area contributed by atoms with Gasteiger partial charge in [0.15, 0.2) is 0 Å². The van der Waals surface area contributed by atoms with Gasteiger partial charge in [-0.1, -0.05) is 11.6 Å². The van der Waals surface area contributed by atoms with Crippen molar-refractivity contribution in [2.75, 3.05) is 11.9 Å². The van der Waals surface area contributed by atoms with Gasteiger partial charge in [0, 0.05) is 12.2 Å². The number of carboxylic acids is 2. The van der Waals surface area contributed by atoms with Gasteiger partial charge < -0.3 is 20.8 Å². The van der Waals surface area contributed by atoms with E-state index in [-0.39, 0.29) is 16.8 Å². The molecule has 2 amide bonds. The van der Waals surface area contributed by atoms with E-state index in [1.54, 1.807) is 6.08 Å². The molecule has 21 heavy (non-hydrogen) atoms. The topological polar surface area (TPSA) is 116 Å². The first kappa shape index (κ1) is 16.2. The number of nitrogens with one attached hydrogen (secondary N) is 2. The van der Waals surface area contributed by atoms with Gasteiger partial charge in [-0.15, -0.1) is 0 Å². The summed E-state index contributed by atoms with van der Waals surface area (Å²) >= 11 is 0. The Morgan fingerprint density at radius 2 is 1.57 bits per heavy atom. The van der Waals surface area contributed by atoms with Crippen molar-refractivity contribution in [3.05, 3.63) is 41.0 Å². The summed E-state index contributed by atoms with van der Waals surface area (Å²) in [6, 6.07) is 2.85. The van der Waals surface area contributed by atoms with Crippen LogP contribution in [0.5, 0.6) is 0 Å². The summed E-state index contributed by atoms with van der Waals surface area (Å²) in [5, 5.41) is 22.8. The number of hydrogen-bond acceptors (Lipinski definition) is 3. The number of carbonyl (C=O) groups is 3. The lowest BCUT2D eigenvalue weighted by atomic mass is 10.1. The largest absolute Gasteiger partial charge is 0.478 e. The van der Waals surface area contributed by atoms with Crippen LogP contribution in [0.3, 0.4) is 0 Å². The molecule has 1 aromatic carbocycles. The molecule has 4 N–H and O–H groups in total. The lowest BCUT2D eigenvalue weighted by molar-refractivity contribution is 0.0696. The summed E-state index contributed by atoms with van der Waals surface area (Å²) in [4.78, 5) is 33.5. The van der Waals surface area contributed by atoms with Crippen molar-refractivity contribution >= 4 is 23.7 Å². The van der Waals surface area contributed by atoms with E-state index in [9.17, 15) is 14.4 Å². The second-order valence-electron chi connectivity index (χ2n) is 4.53. The quantitative estimate of drug-likeness (QED) is 0.621. The average molecular weight is 292 g/mol. The van der Waals surface area contributed by atoms with Crippen LogP contribution >= 0.6 is 0 Å². The molecule has 0 atom stereocenters. The second-order valence-corrected chi connectivity index (χ2v) is 4.53. The Balaban J connectivity index is 2.87. The van der Waals surface area contributed by atoms with Crippen LogP contribution in [0.25, 0.3) is 0 Å². The summed E-state index contributed by atoms with van der Waals surface area (Å²) in [6.45, 7) is 4.09. The van der Waals surface area contributed by atoms with E-state index in [4.69, 9.17) is 10.2 Å². The minimum absolute atomic E-state index is 0.0991. The van der Waals surface area contributed by atoms with Crippen LogP contribution in [-0.2, 0) is 0 Å².